The van der Waals surface area contributed by atoms with Crippen molar-refractivity contribution in [1.82, 2.24) is 4.90 Å². The van der Waals surface area contributed by atoms with Gasteiger partial charge in [-0.25, -0.2) is 0 Å². The molecule has 0 aliphatic heterocycles. The fourth-order valence-electron chi connectivity index (χ4n) is 4.29. The third-order valence-corrected chi connectivity index (χ3v) is 6.50. The molecule has 0 saturated carbocycles. The van der Waals surface area contributed by atoms with E-state index in [1.165, 1.54) is 0 Å². The van der Waals surface area contributed by atoms with E-state index < -0.39 is 5.41 Å². The van der Waals surface area contributed by atoms with Crippen molar-refractivity contribution in [3.05, 3.63) is 41.5 Å². The molecule has 7 nitrogen and oxygen atoms in total. The van der Waals surface area contributed by atoms with Crippen molar-refractivity contribution >= 4 is 0 Å². The quantitative estimate of drug-likeness (QED) is 0.450. The van der Waals surface area contributed by atoms with Crippen LogP contribution in [0.1, 0.15) is 37.8 Å². The number of methoxy groups -OCH3 is 4. The maximum Gasteiger partial charge on any atom is 0.203 e. The van der Waals surface area contributed by atoms with E-state index in [2.05, 4.69) is 31.9 Å². The van der Waals surface area contributed by atoms with Crippen molar-refractivity contribution in [2.75, 3.05) is 48.6 Å². The molecule has 0 amide bonds. The van der Waals surface area contributed by atoms with E-state index in [0.29, 0.717) is 29.4 Å². The molecular formula is C27H38N2O5. The van der Waals surface area contributed by atoms with Gasteiger partial charge in [-0.05, 0) is 74.2 Å². The molecule has 0 fully saturated rings. The predicted molar refractivity (Wildman–Crippen MR) is 133 cm³/mol. The third-order valence-electron chi connectivity index (χ3n) is 6.50. The Hall–Kier alpha value is -3.11. The van der Waals surface area contributed by atoms with Crippen LogP contribution in [0.5, 0.6) is 28.7 Å². The molecule has 0 heterocycles. The number of hydrogen-bond donors (Lipinski definition) is 1. The van der Waals surface area contributed by atoms with Crippen LogP contribution in [-0.2, 0) is 11.8 Å². The highest BCUT2D eigenvalue weighted by Gasteiger charge is 2.37. The summed E-state index contributed by atoms with van der Waals surface area (Å²) in [6, 6.07) is 11.8. The number of likely N-dealkylation sites (N-methyl/N-ethyl adjacent to an activating group) is 1. The van der Waals surface area contributed by atoms with Crippen molar-refractivity contribution in [2.24, 2.45) is 5.92 Å². The molecule has 1 atom stereocenters. The van der Waals surface area contributed by atoms with Crippen LogP contribution in [0.2, 0.25) is 0 Å². The second-order valence-corrected chi connectivity index (χ2v) is 8.81. The average molecular weight is 471 g/mol. The Bertz CT molecular complexity index is 960. The first kappa shape index (κ1) is 27.1. The minimum Gasteiger partial charge on any atom is -0.504 e. The minimum atomic E-state index is -0.683. The molecule has 2 rings (SSSR count). The number of phenolic OH excluding ortho intramolecular Hbond substituents is 1. The Morgan fingerprint density at radius 2 is 1.56 bits per heavy atom. The highest BCUT2D eigenvalue weighted by molar-refractivity contribution is 5.56. The maximum atomic E-state index is 10.3. The molecule has 0 bridgehead atoms. The van der Waals surface area contributed by atoms with Gasteiger partial charge in [0.25, 0.3) is 0 Å². The summed E-state index contributed by atoms with van der Waals surface area (Å²) < 4.78 is 21.7. The first-order valence-corrected chi connectivity index (χ1v) is 11.5. The lowest BCUT2D eigenvalue weighted by atomic mass is 9.69. The lowest BCUT2D eigenvalue weighted by molar-refractivity contribution is 0.290. The van der Waals surface area contributed by atoms with Crippen molar-refractivity contribution in [2.45, 2.75) is 38.5 Å². The van der Waals surface area contributed by atoms with E-state index in [1.807, 2.05) is 24.3 Å². The second kappa shape index (κ2) is 12.4. The number of rotatable bonds is 13. The van der Waals surface area contributed by atoms with Crippen LogP contribution in [0.4, 0.5) is 0 Å². The van der Waals surface area contributed by atoms with Gasteiger partial charge < -0.3 is 29.0 Å². The van der Waals surface area contributed by atoms with E-state index in [1.54, 1.807) is 34.5 Å². The van der Waals surface area contributed by atoms with Crippen LogP contribution >= 0.6 is 0 Å². The first-order valence-electron chi connectivity index (χ1n) is 11.5. The summed E-state index contributed by atoms with van der Waals surface area (Å²) in [5.41, 5.74) is 1.30. The number of aromatic hydroxyl groups is 1. The lowest BCUT2D eigenvalue weighted by Gasteiger charge is -2.33. The summed E-state index contributed by atoms with van der Waals surface area (Å²) in [6.45, 7) is 5.87. The molecule has 0 aliphatic rings. The molecule has 2 aromatic rings. The standard InChI is InChI=1S/C27H38N2O5/c1-19(2)27(18-28,21-16-24(32-5)26(34-7)25(17-21)33-6)12-8-13-29(3)14-11-20-9-10-22(30)23(15-20)31-4/h9-10,15-17,19,30H,8,11-14H2,1-7H3. The fraction of sp³-hybridized carbons (Fsp3) is 0.519. The number of nitriles is 1. The van der Waals surface area contributed by atoms with Gasteiger partial charge >= 0.3 is 0 Å². The second-order valence-electron chi connectivity index (χ2n) is 8.81. The Kier molecular flexibility index (Phi) is 9.88. The number of benzene rings is 2. The van der Waals surface area contributed by atoms with Gasteiger partial charge in [0, 0.05) is 6.54 Å². The number of nitrogens with zero attached hydrogens (tertiary/aromatic N) is 2. The van der Waals surface area contributed by atoms with Gasteiger partial charge in [0.05, 0.1) is 39.9 Å². The number of ether oxygens (including phenoxy) is 4. The monoisotopic (exact) mass is 470 g/mol. The molecular weight excluding hydrogens is 432 g/mol. The van der Waals surface area contributed by atoms with Crippen LogP contribution in [0.15, 0.2) is 30.3 Å². The van der Waals surface area contributed by atoms with Crippen LogP contribution < -0.4 is 18.9 Å². The smallest absolute Gasteiger partial charge is 0.203 e. The molecule has 1 unspecified atom stereocenters. The zero-order chi connectivity index (χ0) is 25.3. The molecule has 1 N–H and O–H groups in total. The first-order chi connectivity index (χ1) is 16.3. The number of hydrogen-bond acceptors (Lipinski definition) is 7. The topological polar surface area (TPSA) is 84.2 Å². The molecule has 34 heavy (non-hydrogen) atoms. The normalized spacial score (nSPS) is 12.8. The van der Waals surface area contributed by atoms with E-state index >= 15 is 0 Å². The summed E-state index contributed by atoms with van der Waals surface area (Å²) in [5.74, 6) is 2.36. The van der Waals surface area contributed by atoms with Gasteiger partial charge in [-0.15, -0.1) is 0 Å². The Morgan fingerprint density at radius 3 is 2.06 bits per heavy atom. The molecule has 186 valence electrons. The molecule has 0 aromatic heterocycles. The molecule has 0 saturated heterocycles. The molecule has 2 aromatic carbocycles. The fourth-order valence-corrected chi connectivity index (χ4v) is 4.29. The summed E-state index contributed by atoms with van der Waals surface area (Å²) in [5, 5.41) is 20.1. The van der Waals surface area contributed by atoms with Crippen molar-refractivity contribution in [3.63, 3.8) is 0 Å². The van der Waals surface area contributed by atoms with Gasteiger partial charge in [-0.1, -0.05) is 19.9 Å². The molecule has 7 heteroatoms. The zero-order valence-corrected chi connectivity index (χ0v) is 21.5. The third kappa shape index (κ3) is 6.06. The van der Waals surface area contributed by atoms with Crippen molar-refractivity contribution in [1.29, 1.82) is 5.26 Å². The Morgan fingerprint density at radius 1 is 0.941 bits per heavy atom. The van der Waals surface area contributed by atoms with Crippen molar-refractivity contribution < 1.29 is 24.1 Å². The number of phenols is 1. The highest BCUT2D eigenvalue weighted by atomic mass is 16.5. The zero-order valence-electron chi connectivity index (χ0n) is 21.5. The van der Waals surface area contributed by atoms with Crippen molar-refractivity contribution in [3.8, 4) is 34.8 Å². The minimum absolute atomic E-state index is 0.0927. The van der Waals surface area contributed by atoms with Gasteiger partial charge in [0.15, 0.2) is 23.0 Å². The summed E-state index contributed by atoms with van der Waals surface area (Å²) >= 11 is 0. The van der Waals surface area contributed by atoms with E-state index in [-0.39, 0.29) is 11.7 Å². The average Bonchev–Trinajstić information content (AvgIpc) is 2.84. The summed E-state index contributed by atoms with van der Waals surface area (Å²) in [7, 11) is 8.38. The predicted octanol–water partition coefficient (Wildman–Crippen LogP) is 4.80. The van der Waals surface area contributed by atoms with Crippen LogP contribution in [-0.4, -0.2) is 58.6 Å². The maximum absolute atomic E-state index is 10.3. The summed E-state index contributed by atoms with van der Waals surface area (Å²) in [6.07, 6.45) is 2.41. The van der Waals surface area contributed by atoms with Gasteiger partial charge in [0.2, 0.25) is 5.75 Å². The van der Waals surface area contributed by atoms with Gasteiger partial charge in [0.1, 0.15) is 0 Å². The van der Waals surface area contributed by atoms with Gasteiger partial charge in [-0.3, -0.25) is 0 Å². The van der Waals surface area contributed by atoms with Crippen LogP contribution in [0, 0.1) is 17.2 Å². The molecule has 0 aliphatic carbocycles. The van der Waals surface area contributed by atoms with Crippen LogP contribution in [0.3, 0.4) is 0 Å². The highest BCUT2D eigenvalue weighted by Crippen LogP contribution is 2.45. The van der Waals surface area contributed by atoms with E-state index in [4.69, 9.17) is 18.9 Å². The molecule has 0 radical (unpaired) electrons. The SMILES string of the molecule is COc1cc(CCN(C)CCCC(C#N)(c2cc(OC)c(OC)c(OC)c2)C(C)C)ccc1O. The summed E-state index contributed by atoms with van der Waals surface area (Å²) in [4.78, 5) is 2.26. The lowest BCUT2D eigenvalue weighted by Crippen LogP contribution is -2.32. The molecule has 0 spiro atoms. The largest absolute Gasteiger partial charge is 0.504 e. The van der Waals surface area contributed by atoms with Gasteiger partial charge in [-0.2, -0.15) is 5.26 Å². The Balaban J connectivity index is 2.12. The van der Waals surface area contributed by atoms with E-state index in [0.717, 1.165) is 37.1 Å². The van der Waals surface area contributed by atoms with Crippen LogP contribution in [0.25, 0.3) is 0 Å². The Labute approximate surface area is 203 Å². The van der Waals surface area contributed by atoms with E-state index in [9.17, 15) is 10.4 Å².